The Morgan fingerprint density at radius 2 is 1.38 bits per heavy atom. The summed E-state index contributed by atoms with van der Waals surface area (Å²) in [5, 5.41) is 23.7. The Hall–Kier alpha value is -1.44. The molecule has 3 N–H and O–H groups in total. The number of para-hydroxylation sites is 2. The molecule has 1 aliphatic rings. The van der Waals surface area contributed by atoms with Crippen molar-refractivity contribution in [3.63, 3.8) is 0 Å². The summed E-state index contributed by atoms with van der Waals surface area (Å²) in [4.78, 5) is 12.5. The molecule has 1 saturated heterocycles. The monoisotopic (exact) mass is 619 g/mol. The fraction of sp³-hybridized carbons (Fsp3) is 0.136. The molecule has 0 aromatic heterocycles. The number of hydrogen-bond acceptors (Lipinski definition) is 4. The second-order valence-electron chi connectivity index (χ2n) is 6.65. The zero-order chi connectivity index (χ0) is 19.7. The summed E-state index contributed by atoms with van der Waals surface area (Å²) in [7, 11) is -1.05. The van der Waals surface area contributed by atoms with Crippen molar-refractivity contribution in [3.05, 3.63) is 90.0 Å². The summed E-state index contributed by atoms with van der Waals surface area (Å²) in [6.07, 6.45) is 0. The van der Waals surface area contributed by atoms with Gasteiger partial charge in [0.15, 0.2) is 0 Å². The van der Waals surface area contributed by atoms with Gasteiger partial charge in [-0.3, -0.25) is 9.80 Å². The maximum atomic E-state index is 12.5. The average molecular weight is 619 g/mol. The van der Waals surface area contributed by atoms with Gasteiger partial charge < -0.3 is 10.2 Å². The minimum absolute atomic E-state index is 0. The Labute approximate surface area is 207 Å². The van der Waals surface area contributed by atoms with E-state index < -0.39 is 7.92 Å². The Bertz CT molecular complexity index is 1000. The van der Waals surface area contributed by atoms with Crippen molar-refractivity contribution in [3.8, 4) is 11.5 Å². The minimum atomic E-state index is -1.05. The molecule has 29 heavy (non-hydrogen) atoms. The molecule has 1 aliphatic heterocycles. The maximum absolute atomic E-state index is 12.5. The minimum Gasteiger partial charge on any atom is -0.508 e. The normalized spacial score (nSPS) is 20.9. The van der Waals surface area contributed by atoms with Gasteiger partial charge in [0.1, 0.15) is 17.3 Å². The van der Waals surface area contributed by atoms with Crippen molar-refractivity contribution in [1.82, 2.24) is 10.4 Å². The molecule has 5 nitrogen and oxygen atoms in total. The number of hydrogen-bond donors (Lipinski definition) is 3. The topological polar surface area (TPSA) is 72.8 Å². The van der Waals surface area contributed by atoms with Gasteiger partial charge >= 0.3 is 0 Å². The largest absolute Gasteiger partial charge is 0.508 e. The molecule has 1 amide bonds. The van der Waals surface area contributed by atoms with E-state index in [0.29, 0.717) is 5.56 Å². The van der Waals surface area contributed by atoms with E-state index in [2.05, 4.69) is 5.43 Å². The number of carbonyl (C=O) groups is 1. The third-order valence-electron chi connectivity index (χ3n) is 4.89. The molecule has 0 aliphatic carbocycles. The molecule has 0 bridgehead atoms. The van der Waals surface area contributed by atoms with Gasteiger partial charge in [-0.05, 0) is 25.4 Å². The van der Waals surface area contributed by atoms with Crippen LogP contribution in [-0.2, 0) is 4.79 Å². The molecule has 0 spiro atoms. The Kier molecular flexibility index (Phi) is 7.35. The first kappa shape index (κ1) is 22.3. The predicted molar refractivity (Wildman–Crippen MR) is 110 cm³/mol. The molecule has 3 atom stereocenters. The van der Waals surface area contributed by atoms with Crippen LogP contribution in [0.5, 0.6) is 11.5 Å². The SMILES string of the molecule is CC(=O)N1NC(c2ccccc2O)P(c2ccccc2)C1c1ccccc1O.[Ac]. The molecular weight excluding hydrogens is 598 g/mol. The van der Waals surface area contributed by atoms with Crippen molar-refractivity contribution in [2.24, 2.45) is 0 Å². The van der Waals surface area contributed by atoms with E-state index in [9.17, 15) is 15.0 Å². The van der Waals surface area contributed by atoms with Crippen molar-refractivity contribution >= 4 is 19.1 Å². The van der Waals surface area contributed by atoms with Gasteiger partial charge in [0, 0.05) is 62.1 Å². The number of nitrogens with one attached hydrogen (secondary N) is 1. The molecule has 1 radical (unpaired) electrons. The number of phenolic OH excluding ortho intramolecular Hbond substituents is 2. The van der Waals surface area contributed by atoms with Crippen molar-refractivity contribution in [2.45, 2.75) is 18.5 Å². The second-order valence-corrected chi connectivity index (χ2v) is 8.99. The van der Waals surface area contributed by atoms with E-state index in [1.165, 1.54) is 6.92 Å². The van der Waals surface area contributed by atoms with E-state index in [-0.39, 0.29) is 73.0 Å². The van der Waals surface area contributed by atoms with Crippen LogP contribution in [0.25, 0.3) is 0 Å². The van der Waals surface area contributed by atoms with Gasteiger partial charge in [-0.25, -0.2) is 5.43 Å². The zero-order valence-corrected chi connectivity index (χ0v) is 21.6. The van der Waals surface area contributed by atoms with E-state index in [1.54, 1.807) is 29.3 Å². The standard InChI is InChI=1S/C22H21N2O3P.Ac/c1-15(25)24-22(18-12-6-8-14-20(18)27)28(16-9-3-2-4-10-16)21(23-24)17-11-5-7-13-19(17)26;/h2-14,21-23,26-27H,1H3;. The van der Waals surface area contributed by atoms with Gasteiger partial charge in [0.2, 0.25) is 5.91 Å². The molecule has 145 valence electrons. The first-order valence-electron chi connectivity index (χ1n) is 9.03. The van der Waals surface area contributed by atoms with Gasteiger partial charge in [0.05, 0.1) is 5.78 Å². The number of nitrogens with zero attached hydrogens (tertiary/aromatic N) is 1. The van der Waals surface area contributed by atoms with E-state index in [0.717, 1.165) is 10.9 Å². The number of phenols is 2. The van der Waals surface area contributed by atoms with Crippen LogP contribution in [0.1, 0.15) is 29.6 Å². The van der Waals surface area contributed by atoms with Crippen LogP contribution in [0.2, 0.25) is 0 Å². The van der Waals surface area contributed by atoms with Gasteiger partial charge in [-0.15, -0.1) is 0 Å². The summed E-state index contributed by atoms with van der Waals surface area (Å²) >= 11 is 0. The fourth-order valence-corrected chi connectivity index (χ4v) is 6.76. The average Bonchev–Trinajstić information content (AvgIpc) is 3.10. The summed E-state index contributed by atoms with van der Waals surface area (Å²) in [5.41, 5.74) is 4.74. The first-order valence-corrected chi connectivity index (χ1v) is 10.5. The Balaban J connectivity index is 0.00000240. The van der Waals surface area contributed by atoms with Crippen molar-refractivity contribution in [2.75, 3.05) is 0 Å². The number of carbonyl (C=O) groups excluding carboxylic acids is 1. The number of hydrazine groups is 1. The quantitative estimate of drug-likeness (QED) is 0.389. The Morgan fingerprint density at radius 1 is 0.862 bits per heavy atom. The molecule has 3 aromatic carbocycles. The Morgan fingerprint density at radius 3 is 1.93 bits per heavy atom. The summed E-state index contributed by atoms with van der Waals surface area (Å²) < 4.78 is 0. The van der Waals surface area contributed by atoms with E-state index in [1.807, 2.05) is 54.6 Å². The summed E-state index contributed by atoms with van der Waals surface area (Å²) in [6.45, 7) is 1.51. The van der Waals surface area contributed by atoms with Crippen LogP contribution in [0.4, 0.5) is 0 Å². The number of amides is 1. The molecule has 1 heterocycles. The van der Waals surface area contributed by atoms with Crippen LogP contribution >= 0.6 is 7.92 Å². The van der Waals surface area contributed by atoms with Crippen LogP contribution in [0, 0.1) is 44.1 Å². The zero-order valence-electron chi connectivity index (χ0n) is 15.9. The van der Waals surface area contributed by atoms with Crippen molar-refractivity contribution < 1.29 is 59.1 Å². The molecule has 4 rings (SSSR count). The van der Waals surface area contributed by atoms with E-state index in [4.69, 9.17) is 0 Å². The second kappa shape index (κ2) is 9.58. The van der Waals surface area contributed by atoms with E-state index >= 15 is 0 Å². The van der Waals surface area contributed by atoms with Gasteiger partial charge in [0.25, 0.3) is 0 Å². The third-order valence-corrected chi connectivity index (χ3v) is 7.77. The van der Waals surface area contributed by atoms with Crippen LogP contribution in [-0.4, -0.2) is 21.1 Å². The number of benzene rings is 3. The predicted octanol–water partition coefficient (Wildman–Crippen LogP) is 3.97. The van der Waals surface area contributed by atoms with Crippen LogP contribution in [0.15, 0.2) is 78.9 Å². The molecular formula is C22H21AcN2O3P. The van der Waals surface area contributed by atoms with Gasteiger partial charge in [-0.2, -0.15) is 0 Å². The molecule has 3 unspecified atom stereocenters. The summed E-state index contributed by atoms with van der Waals surface area (Å²) in [6, 6.07) is 24.3. The fourth-order valence-electron chi connectivity index (χ4n) is 3.62. The molecule has 3 aromatic rings. The van der Waals surface area contributed by atoms with Gasteiger partial charge in [-0.1, -0.05) is 66.7 Å². The van der Waals surface area contributed by atoms with Crippen molar-refractivity contribution in [1.29, 1.82) is 0 Å². The maximum Gasteiger partial charge on any atom is 0.234 e. The summed E-state index contributed by atoms with van der Waals surface area (Å²) in [5.74, 6) is -0.436. The van der Waals surface area contributed by atoms with Crippen LogP contribution < -0.4 is 10.7 Å². The third kappa shape index (κ3) is 4.37. The smallest absolute Gasteiger partial charge is 0.234 e. The number of aromatic hydroxyl groups is 2. The molecule has 1 fully saturated rings. The molecule has 7 heteroatoms. The van der Waals surface area contributed by atoms with Crippen LogP contribution in [0.3, 0.4) is 0 Å². The molecule has 0 saturated carbocycles. The first-order chi connectivity index (χ1) is 13.6. The number of rotatable bonds is 3.